The van der Waals surface area contributed by atoms with Crippen molar-refractivity contribution in [1.82, 2.24) is 0 Å². The van der Waals surface area contributed by atoms with Crippen LogP contribution in [0.1, 0.15) is 5.56 Å². The molecule has 0 saturated heterocycles. The predicted molar refractivity (Wildman–Crippen MR) is 78.5 cm³/mol. The first-order chi connectivity index (χ1) is 8.74. The Bertz CT molecular complexity index is 598. The maximum atomic E-state index is 9.75. The summed E-state index contributed by atoms with van der Waals surface area (Å²) in [6.45, 7) is 5.99. The van der Waals surface area contributed by atoms with Gasteiger partial charge in [-0.1, -0.05) is 65.9 Å². The number of nitrogens with zero attached hydrogens (tertiary/aromatic N) is 1. The molecule has 0 N–H and O–H groups in total. The Balaban J connectivity index is 2.71. The zero-order valence-electron chi connectivity index (χ0n) is 10.4. The van der Waals surface area contributed by atoms with Crippen LogP contribution in [0.5, 0.6) is 0 Å². The third kappa shape index (κ3) is 1.89. The Morgan fingerprint density at radius 3 is 2.22 bits per heavy atom. The van der Waals surface area contributed by atoms with Crippen LogP contribution in [-0.4, -0.2) is 8.07 Å². The highest BCUT2D eigenvalue weighted by molar-refractivity contribution is 7.11. The molecule has 0 aliphatic rings. The highest BCUT2D eigenvalue weighted by atomic mass is 28.3. The van der Waals surface area contributed by atoms with Gasteiger partial charge in [0.15, 0.2) is 0 Å². The summed E-state index contributed by atoms with van der Waals surface area (Å²) in [6, 6.07) is 18.1. The Morgan fingerprint density at radius 2 is 1.67 bits per heavy atom. The van der Waals surface area contributed by atoms with E-state index in [4.69, 9.17) is 0 Å². The van der Waals surface area contributed by atoms with E-state index in [1.165, 1.54) is 0 Å². The van der Waals surface area contributed by atoms with E-state index in [2.05, 4.69) is 31.3 Å². The molecule has 0 aromatic heterocycles. The minimum atomic E-state index is -2.47. The van der Waals surface area contributed by atoms with Gasteiger partial charge in [0, 0.05) is 5.69 Å². The molecule has 0 heterocycles. The number of hydrogen-bond donors (Lipinski definition) is 0. The van der Waals surface area contributed by atoms with Crippen LogP contribution in [0.4, 0.5) is 0 Å². The molecule has 1 atom stereocenters. The summed E-state index contributed by atoms with van der Waals surface area (Å²) in [7, 11) is -2.47. The summed E-state index contributed by atoms with van der Waals surface area (Å²) in [5.74, 6) is 0. The van der Waals surface area contributed by atoms with Gasteiger partial charge >= 0.3 is 0 Å². The van der Waals surface area contributed by atoms with Crippen molar-refractivity contribution in [3.05, 3.63) is 72.4 Å². The van der Waals surface area contributed by atoms with E-state index in [1.807, 2.05) is 48.2 Å². The average Bonchev–Trinajstić information content (AvgIpc) is 2.44. The summed E-state index contributed by atoms with van der Waals surface area (Å²) < 4.78 is 0. The van der Waals surface area contributed by atoms with E-state index in [0.717, 1.165) is 15.9 Å². The molecular formula is C16H15NSi. The average molecular weight is 249 g/mol. The van der Waals surface area contributed by atoms with Crippen LogP contribution in [0.15, 0.2) is 66.9 Å². The largest absolute Gasteiger partial charge is 0.257 e. The Hall–Kier alpha value is -2.11. The SMILES string of the molecule is C=C[Si](C#N)(c1ccccc1)c1ccccc1C. The van der Waals surface area contributed by atoms with E-state index >= 15 is 0 Å². The van der Waals surface area contributed by atoms with Gasteiger partial charge in [-0.15, -0.1) is 6.58 Å². The fraction of sp³-hybridized carbons (Fsp3) is 0.0625. The lowest BCUT2D eigenvalue weighted by Gasteiger charge is -2.22. The van der Waals surface area contributed by atoms with Crippen LogP contribution in [0.3, 0.4) is 0 Å². The molecule has 1 unspecified atom stereocenters. The van der Waals surface area contributed by atoms with Crippen molar-refractivity contribution in [3.63, 3.8) is 0 Å². The van der Waals surface area contributed by atoms with Gasteiger partial charge in [-0.25, -0.2) is 5.26 Å². The van der Waals surface area contributed by atoms with Crippen molar-refractivity contribution in [1.29, 1.82) is 5.26 Å². The minimum Gasteiger partial charge on any atom is -0.205 e. The molecule has 0 amide bonds. The van der Waals surface area contributed by atoms with Gasteiger partial charge in [-0.2, -0.15) is 0 Å². The van der Waals surface area contributed by atoms with Crippen LogP contribution in [0, 0.1) is 17.9 Å². The minimum absolute atomic E-state index is 1.09. The highest BCUT2D eigenvalue weighted by Crippen LogP contribution is 2.08. The third-order valence-corrected chi connectivity index (χ3v) is 6.90. The zero-order valence-corrected chi connectivity index (χ0v) is 11.4. The van der Waals surface area contributed by atoms with Gasteiger partial charge in [-0.05, 0) is 17.3 Å². The number of benzene rings is 2. The van der Waals surface area contributed by atoms with E-state index in [0.29, 0.717) is 0 Å². The van der Waals surface area contributed by atoms with Crippen molar-refractivity contribution in [2.75, 3.05) is 0 Å². The molecule has 0 radical (unpaired) electrons. The van der Waals surface area contributed by atoms with Crippen molar-refractivity contribution >= 4 is 18.4 Å². The summed E-state index contributed by atoms with van der Waals surface area (Å²) in [6.07, 6.45) is 0. The van der Waals surface area contributed by atoms with Crippen LogP contribution >= 0.6 is 0 Å². The first-order valence-electron chi connectivity index (χ1n) is 5.91. The normalized spacial score (nSPS) is 13.3. The fourth-order valence-corrected chi connectivity index (χ4v) is 5.16. The molecular weight excluding hydrogens is 234 g/mol. The smallest absolute Gasteiger partial charge is 0.205 e. The van der Waals surface area contributed by atoms with Gasteiger partial charge in [0.25, 0.3) is 8.07 Å². The van der Waals surface area contributed by atoms with E-state index < -0.39 is 8.07 Å². The number of aryl methyl sites for hydroxylation is 1. The monoisotopic (exact) mass is 249 g/mol. The van der Waals surface area contributed by atoms with Crippen LogP contribution < -0.4 is 10.4 Å². The topological polar surface area (TPSA) is 23.8 Å². The van der Waals surface area contributed by atoms with Crippen LogP contribution in [0.2, 0.25) is 0 Å². The lowest BCUT2D eigenvalue weighted by molar-refractivity contribution is 1.50. The third-order valence-electron chi connectivity index (χ3n) is 3.28. The second-order valence-corrected chi connectivity index (χ2v) is 7.67. The second-order valence-electron chi connectivity index (χ2n) is 4.30. The summed E-state index contributed by atoms with van der Waals surface area (Å²) in [5.41, 5.74) is 5.59. The van der Waals surface area contributed by atoms with Gasteiger partial charge in [0.05, 0.1) is 0 Å². The summed E-state index contributed by atoms with van der Waals surface area (Å²) >= 11 is 0. The first-order valence-corrected chi connectivity index (χ1v) is 7.99. The van der Waals surface area contributed by atoms with Gasteiger partial charge in [0.1, 0.15) is 0 Å². The quantitative estimate of drug-likeness (QED) is 0.766. The maximum Gasteiger partial charge on any atom is 0.257 e. The first kappa shape index (κ1) is 12.3. The van der Waals surface area contributed by atoms with E-state index in [9.17, 15) is 5.26 Å². The number of nitriles is 1. The molecule has 2 rings (SSSR count). The molecule has 88 valence electrons. The molecule has 0 saturated carbocycles. The van der Waals surface area contributed by atoms with Crippen LogP contribution in [0.25, 0.3) is 0 Å². The molecule has 0 aliphatic heterocycles. The molecule has 2 aromatic rings. The zero-order chi connectivity index (χ0) is 13.0. The maximum absolute atomic E-state index is 9.75. The number of rotatable bonds is 3. The summed E-state index contributed by atoms with van der Waals surface area (Å²) in [5, 5.41) is 12.0. The lowest BCUT2D eigenvalue weighted by atomic mass is 10.2. The number of hydrogen-bond acceptors (Lipinski definition) is 1. The Morgan fingerprint density at radius 1 is 1.06 bits per heavy atom. The van der Waals surface area contributed by atoms with Crippen LogP contribution in [-0.2, 0) is 0 Å². The molecule has 0 bridgehead atoms. The van der Waals surface area contributed by atoms with Crippen molar-refractivity contribution < 1.29 is 0 Å². The fourth-order valence-electron chi connectivity index (χ4n) is 2.27. The molecule has 0 aliphatic carbocycles. The molecule has 2 aromatic carbocycles. The van der Waals surface area contributed by atoms with E-state index in [-0.39, 0.29) is 0 Å². The predicted octanol–water partition coefficient (Wildman–Crippen LogP) is 2.35. The second kappa shape index (κ2) is 5.03. The molecule has 0 spiro atoms. The van der Waals surface area contributed by atoms with Crippen molar-refractivity contribution in [2.24, 2.45) is 0 Å². The standard InChI is InChI=1S/C16H15NSi/c1-3-18(13-17,15-10-5-4-6-11-15)16-12-8-7-9-14(16)2/h3-12H,1H2,2H3. The highest BCUT2D eigenvalue weighted by Gasteiger charge is 2.36. The van der Waals surface area contributed by atoms with Gasteiger partial charge < -0.3 is 0 Å². The van der Waals surface area contributed by atoms with Crippen molar-refractivity contribution in [3.8, 4) is 5.69 Å². The molecule has 18 heavy (non-hydrogen) atoms. The Kier molecular flexibility index (Phi) is 3.45. The molecule has 2 heteroatoms. The molecule has 1 nitrogen and oxygen atoms in total. The van der Waals surface area contributed by atoms with Crippen molar-refractivity contribution in [2.45, 2.75) is 6.92 Å². The Labute approximate surface area is 109 Å². The molecule has 0 fully saturated rings. The van der Waals surface area contributed by atoms with E-state index in [1.54, 1.807) is 0 Å². The van der Waals surface area contributed by atoms with Gasteiger partial charge in [-0.3, -0.25) is 0 Å². The summed E-state index contributed by atoms with van der Waals surface area (Å²) in [4.78, 5) is 0. The van der Waals surface area contributed by atoms with Gasteiger partial charge in [0.2, 0.25) is 0 Å². The lowest BCUT2D eigenvalue weighted by Crippen LogP contribution is -2.57.